The van der Waals surface area contributed by atoms with Gasteiger partial charge in [0.05, 0.1) is 6.20 Å². The fourth-order valence-electron chi connectivity index (χ4n) is 1.61. The number of pyridine rings is 1. The minimum absolute atomic E-state index is 0.0200. The van der Waals surface area contributed by atoms with E-state index in [1.54, 1.807) is 18.5 Å². The van der Waals surface area contributed by atoms with Gasteiger partial charge in [-0.2, -0.15) is 5.10 Å². The molecule has 0 spiro atoms. The lowest BCUT2D eigenvalue weighted by molar-refractivity contribution is -0.155. The number of carbonyl (C=O) groups is 1. The van der Waals surface area contributed by atoms with Crippen LogP contribution in [0.2, 0.25) is 5.15 Å². The van der Waals surface area contributed by atoms with E-state index in [1.807, 2.05) is 20.8 Å². The maximum absolute atomic E-state index is 11.7. The Morgan fingerprint density at radius 1 is 1.50 bits per heavy atom. The van der Waals surface area contributed by atoms with Gasteiger partial charge in [0, 0.05) is 11.6 Å². The van der Waals surface area contributed by atoms with E-state index in [1.165, 1.54) is 4.68 Å². The van der Waals surface area contributed by atoms with Gasteiger partial charge in [-0.1, -0.05) is 11.6 Å². The highest BCUT2D eigenvalue weighted by Crippen LogP contribution is 2.20. The van der Waals surface area contributed by atoms with Gasteiger partial charge in [0.1, 0.15) is 17.7 Å². The number of hydrogen-bond acceptors (Lipinski definition) is 4. The summed E-state index contributed by atoms with van der Waals surface area (Å²) in [6, 6.07) is 1.79. The van der Waals surface area contributed by atoms with E-state index in [9.17, 15) is 4.79 Å². The molecule has 0 atom stereocenters. The molecule has 0 aliphatic carbocycles. The quantitative estimate of drug-likeness (QED) is 0.619. The zero-order chi connectivity index (χ0) is 13.3. The van der Waals surface area contributed by atoms with Gasteiger partial charge in [-0.05, 0) is 26.8 Å². The monoisotopic (exact) mass is 267 g/mol. The summed E-state index contributed by atoms with van der Waals surface area (Å²) < 4.78 is 6.74. The summed E-state index contributed by atoms with van der Waals surface area (Å²) >= 11 is 6.00. The summed E-state index contributed by atoms with van der Waals surface area (Å²) in [7, 11) is 0. The normalized spacial score (nSPS) is 11.8. The third-order valence-corrected chi connectivity index (χ3v) is 2.48. The van der Waals surface area contributed by atoms with Crippen molar-refractivity contribution in [3.63, 3.8) is 0 Å². The Labute approximate surface area is 110 Å². The molecule has 0 aliphatic rings. The summed E-state index contributed by atoms with van der Waals surface area (Å²) in [4.78, 5) is 15.7. The van der Waals surface area contributed by atoms with Crippen molar-refractivity contribution < 1.29 is 9.53 Å². The lowest BCUT2D eigenvalue weighted by Gasteiger charge is -2.19. The summed E-state index contributed by atoms with van der Waals surface area (Å²) in [5.74, 6) is -0.354. The molecule has 0 N–H and O–H groups in total. The number of esters is 1. The average Bonchev–Trinajstić information content (AvgIpc) is 2.59. The lowest BCUT2D eigenvalue weighted by Crippen LogP contribution is -2.26. The summed E-state index contributed by atoms with van der Waals surface area (Å²) in [6.45, 7) is 5.48. The molecule has 96 valence electrons. The van der Waals surface area contributed by atoms with E-state index in [0.29, 0.717) is 10.7 Å². The molecule has 0 bridgehead atoms. The molecule has 18 heavy (non-hydrogen) atoms. The Hall–Kier alpha value is -1.62. The Morgan fingerprint density at radius 2 is 2.22 bits per heavy atom. The number of halogens is 1. The van der Waals surface area contributed by atoms with Crippen LogP contribution in [0.15, 0.2) is 18.5 Å². The summed E-state index contributed by atoms with van der Waals surface area (Å²) in [5, 5.41) is 5.29. The van der Waals surface area contributed by atoms with Crippen LogP contribution in [0.4, 0.5) is 0 Å². The molecule has 0 saturated carbocycles. The van der Waals surface area contributed by atoms with Crippen molar-refractivity contribution in [3.05, 3.63) is 23.6 Å². The number of fused-ring (bicyclic) bond motifs is 1. The second-order valence-corrected chi connectivity index (χ2v) is 5.29. The highest BCUT2D eigenvalue weighted by molar-refractivity contribution is 6.33. The van der Waals surface area contributed by atoms with Crippen LogP contribution in [0.25, 0.3) is 10.9 Å². The van der Waals surface area contributed by atoms with Crippen molar-refractivity contribution in [2.75, 3.05) is 0 Å². The third kappa shape index (κ3) is 2.79. The van der Waals surface area contributed by atoms with Crippen molar-refractivity contribution >= 4 is 28.5 Å². The van der Waals surface area contributed by atoms with Crippen molar-refractivity contribution in [3.8, 4) is 0 Å². The molecular weight excluding hydrogens is 254 g/mol. The predicted molar refractivity (Wildman–Crippen MR) is 68.4 cm³/mol. The molecule has 2 aromatic heterocycles. The zero-order valence-electron chi connectivity index (χ0n) is 10.5. The largest absolute Gasteiger partial charge is 0.459 e. The zero-order valence-corrected chi connectivity index (χ0v) is 11.2. The van der Waals surface area contributed by atoms with Crippen molar-refractivity contribution in [2.45, 2.75) is 32.9 Å². The van der Waals surface area contributed by atoms with Crippen molar-refractivity contribution in [1.29, 1.82) is 0 Å². The number of carbonyl (C=O) groups excluding carboxylic acids is 1. The van der Waals surface area contributed by atoms with Gasteiger partial charge in [-0.25, -0.2) is 4.98 Å². The van der Waals surface area contributed by atoms with Crippen LogP contribution >= 0.6 is 11.6 Å². The van der Waals surface area contributed by atoms with Crippen LogP contribution in [0.5, 0.6) is 0 Å². The van der Waals surface area contributed by atoms with Gasteiger partial charge in [0.25, 0.3) is 0 Å². The topological polar surface area (TPSA) is 57.0 Å². The van der Waals surface area contributed by atoms with E-state index < -0.39 is 5.60 Å². The minimum Gasteiger partial charge on any atom is -0.459 e. The van der Waals surface area contributed by atoms with Crippen LogP contribution in [0.3, 0.4) is 0 Å². The Kier molecular flexibility index (Phi) is 3.26. The fraction of sp³-hybridized carbons (Fsp3) is 0.417. The van der Waals surface area contributed by atoms with E-state index in [2.05, 4.69) is 10.1 Å². The predicted octanol–water partition coefficient (Wildman–Crippen LogP) is 2.43. The van der Waals surface area contributed by atoms with Crippen LogP contribution < -0.4 is 0 Å². The first kappa shape index (κ1) is 12.8. The van der Waals surface area contributed by atoms with Gasteiger partial charge >= 0.3 is 5.97 Å². The SMILES string of the molecule is CC(C)(C)OC(=O)Cn1ncc2ccnc(Cl)c21. The minimum atomic E-state index is -0.512. The summed E-state index contributed by atoms with van der Waals surface area (Å²) in [6.07, 6.45) is 3.25. The standard InChI is InChI=1S/C12H14ClN3O2/c1-12(2,3)18-9(17)7-16-10-8(6-15-16)4-5-14-11(10)13/h4-6H,7H2,1-3H3. The molecule has 2 heterocycles. The van der Waals surface area contributed by atoms with Crippen molar-refractivity contribution in [1.82, 2.24) is 14.8 Å². The number of ether oxygens (including phenoxy) is 1. The molecule has 0 saturated heterocycles. The molecule has 5 nitrogen and oxygen atoms in total. The molecule has 0 amide bonds. The molecular formula is C12H14ClN3O2. The highest BCUT2D eigenvalue weighted by atomic mass is 35.5. The molecule has 0 aromatic carbocycles. The molecule has 0 unspecified atom stereocenters. The molecule has 2 aromatic rings. The molecule has 0 radical (unpaired) electrons. The third-order valence-electron chi connectivity index (χ3n) is 2.20. The Balaban J connectivity index is 2.25. The highest BCUT2D eigenvalue weighted by Gasteiger charge is 2.18. The molecule has 0 fully saturated rings. The van der Waals surface area contributed by atoms with E-state index in [0.717, 1.165) is 5.39 Å². The maximum Gasteiger partial charge on any atom is 0.328 e. The first-order valence-electron chi connectivity index (χ1n) is 5.55. The van der Waals surface area contributed by atoms with Gasteiger partial charge in [0.2, 0.25) is 0 Å². The fourth-order valence-corrected chi connectivity index (χ4v) is 1.87. The number of nitrogens with zero attached hydrogens (tertiary/aromatic N) is 3. The number of rotatable bonds is 2. The molecule has 0 aliphatic heterocycles. The van der Waals surface area contributed by atoms with E-state index in [4.69, 9.17) is 16.3 Å². The van der Waals surface area contributed by atoms with Gasteiger partial charge in [-0.15, -0.1) is 0 Å². The first-order valence-corrected chi connectivity index (χ1v) is 5.92. The van der Waals surface area contributed by atoms with E-state index >= 15 is 0 Å². The Morgan fingerprint density at radius 3 is 2.89 bits per heavy atom. The van der Waals surface area contributed by atoms with E-state index in [-0.39, 0.29) is 12.5 Å². The molecule has 6 heteroatoms. The number of hydrogen-bond donors (Lipinski definition) is 0. The number of aromatic nitrogens is 3. The van der Waals surface area contributed by atoms with Crippen LogP contribution in [0, 0.1) is 0 Å². The second kappa shape index (κ2) is 4.57. The second-order valence-electron chi connectivity index (χ2n) is 4.93. The van der Waals surface area contributed by atoms with Gasteiger partial charge < -0.3 is 4.74 Å². The maximum atomic E-state index is 11.7. The van der Waals surface area contributed by atoms with Crippen LogP contribution in [-0.4, -0.2) is 26.3 Å². The van der Waals surface area contributed by atoms with Crippen LogP contribution in [-0.2, 0) is 16.1 Å². The Bertz CT molecular complexity index is 587. The van der Waals surface area contributed by atoms with Crippen LogP contribution in [0.1, 0.15) is 20.8 Å². The van der Waals surface area contributed by atoms with Gasteiger partial charge in [0.15, 0.2) is 5.15 Å². The lowest BCUT2D eigenvalue weighted by atomic mass is 10.2. The first-order chi connectivity index (χ1) is 8.37. The molecule has 2 rings (SSSR count). The van der Waals surface area contributed by atoms with Gasteiger partial charge in [-0.3, -0.25) is 9.48 Å². The van der Waals surface area contributed by atoms with Crippen molar-refractivity contribution in [2.24, 2.45) is 0 Å². The summed E-state index contributed by atoms with van der Waals surface area (Å²) in [5.41, 5.74) is 0.132. The smallest absolute Gasteiger partial charge is 0.328 e. The average molecular weight is 268 g/mol.